The van der Waals surface area contributed by atoms with E-state index in [0.29, 0.717) is 22.3 Å². The van der Waals surface area contributed by atoms with Gasteiger partial charge in [0.05, 0.1) is 5.56 Å². The van der Waals surface area contributed by atoms with Crippen molar-refractivity contribution < 1.29 is 9.53 Å². The topological polar surface area (TPSA) is 41.6 Å². The summed E-state index contributed by atoms with van der Waals surface area (Å²) in [4.78, 5) is 15.3. The minimum absolute atomic E-state index is 0.0554. The number of halogens is 1. The van der Waals surface area contributed by atoms with E-state index in [1.54, 1.807) is 6.07 Å². The van der Waals surface area contributed by atoms with Crippen molar-refractivity contribution in [1.82, 2.24) is 10.2 Å². The monoisotopic (exact) mass is 334 g/mol. The number of rotatable bonds is 2. The van der Waals surface area contributed by atoms with E-state index in [-0.39, 0.29) is 17.6 Å². The molecule has 23 heavy (non-hydrogen) atoms. The van der Waals surface area contributed by atoms with E-state index >= 15 is 0 Å². The van der Waals surface area contributed by atoms with E-state index in [2.05, 4.69) is 10.2 Å². The number of nitrogens with one attached hydrogen (secondary N) is 1. The van der Waals surface area contributed by atoms with E-state index in [9.17, 15) is 4.79 Å². The highest BCUT2D eigenvalue weighted by molar-refractivity contribution is 6.31. The van der Waals surface area contributed by atoms with Crippen molar-refractivity contribution in [1.29, 1.82) is 0 Å². The molecule has 5 rings (SSSR count). The highest BCUT2D eigenvalue weighted by atomic mass is 35.5. The third-order valence-corrected chi connectivity index (χ3v) is 5.56. The second-order valence-electron chi connectivity index (χ2n) is 7.70. The van der Waals surface area contributed by atoms with Crippen molar-refractivity contribution >= 4 is 17.5 Å². The van der Waals surface area contributed by atoms with Gasteiger partial charge in [0, 0.05) is 29.6 Å². The largest absolute Gasteiger partial charge is 0.486 e. The van der Waals surface area contributed by atoms with Crippen LogP contribution in [0, 0.1) is 5.92 Å². The predicted molar refractivity (Wildman–Crippen MR) is 90.3 cm³/mol. The summed E-state index contributed by atoms with van der Waals surface area (Å²) in [6.07, 6.45) is 3.15. The van der Waals surface area contributed by atoms with Crippen LogP contribution in [0.4, 0.5) is 0 Å². The van der Waals surface area contributed by atoms with Gasteiger partial charge in [-0.05, 0) is 57.8 Å². The predicted octanol–water partition coefficient (Wildman–Crippen LogP) is 2.88. The standard InChI is InChI=1S/C18H23ClN2O2/c1-18(2)9-12-7-13(19)8-14(16(12)23-18)17(22)20-15-10-21-5-3-11(15)4-6-21/h7-8,11,15H,3-6,9-10H2,1-2H3,(H,20,22)/t15-/m0/s1. The van der Waals surface area contributed by atoms with Crippen LogP contribution >= 0.6 is 11.6 Å². The molecule has 2 bridgehead atoms. The summed E-state index contributed by atoms with van der Waals surface area (Å²) < 4.78 is 6.02. The number of carbonyl (C=O) groups is 1. The molecular formula is C18H23ClN2O2. The zero-order valence-electron chi connectivity index (χ0n) is 13.7. The van der Waals surface area contributed by atoms with Crippen LogP contribution in [0.15, 0.2) is 12.1 Å². The summed E-state index contributed by atoms with van der Waals surface area (Å²) in [5.74, 6) is 1.26. The molecule has 0 saturated carbocycles. The molecule has 4 nitrogen and oxygen atoms in total. The number of benzene rings is 1. The third kappa shape index (κ3) is 2.83. The molecule has 1 amide bonds. The molecule has 5 heteroatoms. The van der Waals surface area contributed by atoms with Gasteiger partial charge in [-0.3, -0.25) is 4.79 Å². The molecule has 0 spiro atoms. The molecule has 124 valence electrons. The lowest BCUT2D eigenvalue weighted by molar-refractivity contribution is 0.0616. The number of hydrogen-bond acceptors (Lipinski definition) is 3. The molecule has 3 fully saturated rings. The molecular weight excluding hydrogens is 312 g/mol. The van der Waals surface area contributed by atoms with Gasteiger partial charge in [0.1, 0.15) is 11.4 Å². The average Bonchev–Trinajstić information content (AvgIpc) is 2.81. The zero-order valence-corrected chi connectivity index (χ0v) is 14.4. The molecule has 0 aliphatic carbocycles. The Kier molecular flexibility index (Phi) is 3.58. The normalized spacial score (nSPS) is 30.7. The van der Waals surface area contributed by atoms with Gasteiger partial charge in [0.25, 0.3) is 5.91 Å². The van der Waals surface area contributed by atoms with Crippen molar-refractivity contribution in [3.63, 3.8) is 0 Å². The van der Waals surface area contributed by atoms with Gasteiger partial charge in [-0.1, -0.05) is 11.6 Å². The summed E-state index contributed by atoms with van der Waals surface area (Å²) >= 11 is 6.23. The molecule has 4 aliphatic rings. The number of carbonyl (C=O) groups excluding carboxylic acids is 1. The molecule has 0 radical (unpaired) electrons. The maximum Gasteiger partial charge on any atom is 0.255 e. The zero-order chi connectivity index (χ0) is 16.2. The van der Waals surface area contributed by atoms with Gasteiger partial charge in [-0.15, -0.1) is 0 Å². The van der Waals surface area contributed by atoms with Crippen molar-refractivity contribution in [2.75, 3.05) is 19.6 Å². The minimum atomic E-state index is -0.280. The van der Waals surface area contributed by atoms with Crippen LogP contribution in [-0.4, -0.2) is 42.1 Å². The Balaban J connectivity index is 1.58. The number of piperidine rings is 3. The SMILES string of the molecule is CC1(C)Cc2cc(Cl)cc(C(=O)N[C@H]3CN4CCC3CC4)c2O1. The first-order valence-electron chi connectivity index (χ1n) is 8.46. The van der Waals surface area contributed by atoms with Gasteiger partial charge >= 0.3 is 0 Å². The number of amides is 1. The van der Waals surface area contributed by atoms with Gasteiger partial charge < -0.3 is 15.0 Å². The van der Waals surface area contributed by atoms with Gasteiger partial charge in [0.15, 0.2) is 0 Å². The highest BCUT2D eigenvalue weighted by Gasteiger charge is 2.37. The molecule has 4 heterocycles. The molecule has 0 aromatic heterocycles. The Bertz CT molecular complexity index is 651. The number of ether oxygens (including phenoxy) is 1. The van der Waals surface area contributed by atoms with Crippen LogP contribution < -0.4 is 10.1 Å². The first-order valence-corrected chi connectivity index (χ1v) is 8.84. The quantitative estimate of drug-likeness (QED) is 0.904. The fourth-order valence-corrected chi connectivity index (χ4v) is 4.46. The smallest absolute Gasteiger partial charge is 0.255 e. The van der Waals surface area contributed by atoms with Crippen LogP contribution in [0.1, 0.15) is 42.6 Å². The third-order valence-electron chi connectivity index (χ3n) is 5.34. The molecule has 1 aromatic carbocycles. The van der Waals surface area contributed by atoms with Crippen LogP contribution in [0.25, 0.3) is 0 Å². The molecule has 3 saturated heterocycles. The summed E-state index contributed by atoms with van der Waals surface area (Å²) in [5, 5.41) is 3.83. The molecule has 1 atom stereocenters. The number of fused-ring (bicyclic) bond motifs is 4. The fraction of sp³-hybridized carbons (Fsp3) is 0.611. The fourth-order valence-electron chi connectivity index (χ4n) is 4.22. The van der Waals surface area contributed by atoms with Crippen molar-refractivity contribution in [3.05, 3.63) is 28.3 Å². The van der Waals surface area contributed by atoms with Crippen LogP contribution in [0.2, 0.25) is 5.02 Å². The average molecular weight is 335 g/mol. The lowest BCUT2D eigenvalue weighted by Crippen LogP contribution is -2.57. The van der Waals surface area contributed by atoms with Crippen LogP contribution in [0.5, 0.6) is 5.75 Å². The lowest BCUT2D eigenvalue weighted by Gasteiger charge is -2.44. The van der Waals surface area contributed by atoms with Crippen LogP contribution in [-0.2, 0) is 6.42 Å². The first kappa shape index (κ1) is 15.3. The Morgan fingerprint density at radius 1 is 1.35 bits per heavy atom. The molecule has 4 aliphatic heterocycles. The van der Waals surface area contributed by atoms with E-state index in [1.807, 2.05) is 19.9 Å². The van der Waals surface area contributed by atoms with Crippen LogP contribution in [0.3, 0.4) is 0 Å². The Morgan fingerprint density at radius 3 is 2.74 bits per heavy atom. The summed E-state index contributed by atoms with van der Waals surface area (Å²) in [7, 11) is 0. The molecule has 1 aromatic rings. The summed E-state index contributed by atoms with van der Waals surface area (Å²) in [6, 6.07) is 3.89. The van der Waals surface area contributed by atoms with Gasteiger partial charge in [-0.2, -0.15) is 0 Å². The maximum absolute atomic E-state index is 12.8. The lowest BCUT2D eigenvalue weighted by atomic mass is 9.84. The molecule has 0 unspecified atom stereocenters. The Labute approximate surface area is 142 Å². The first-order chi connectivity index (χ1) is 10.9. The minimum Gasteiger partial charge on any atom is -0.486 e. The number of nitrogens with zero attached hydrogens (tertiary/aromatic N) is 1. The Morgan fingerprint density at radius 2 is 2.09 bits per heavy atom. The summed E-state index contributed by atoms with van der Waals surface area (Å²) in [5.41, 5.74) is 1.33. The molecule has 1 N–H and O–H groups in total. The Hall–Kier alpha value is -1.26. The van der Waals surface area contributed by atoms with Gasteiger partial charge in [-0.25, -0.2) is 0 Å². The van der Waals surface area contributed by atoms with E-state index < -0.39 is 0 Å². The van der Waals surface area contributed by atoms with Gasteiger partial charge in [0.2, 0.25) is 0 Å². The van der Waals surface area contributed by atoms with Crippen molar-refractivity contribution in [2.45, 2.75) is 44.8 Å². The summed E-state index contributed by atoms with van der Waals surface area (Å²) in [6.45, 7) is 7.37. The second kappa shape index (κ2) is 5.38. The highest BCUT2D eigenvalue weighted by Crippen LogP contribution is 2.39. The second-order valence-corrected chi connectivity index (χ2v) is 8.13. The van der Waals surface area contributed by atoms with E-state index in [0.717, 1.165) is 18.5 Å². The van der Waals surface area contributed by atoms with Crippen molar-refractivity contribution in [3.8, 4) is 5.75 Å². The number of hydrogen-bond donors (Lipinski definition) is 1. The van der Waals surface area contributed by atoms with E-state index in [4.69, 9.17) is 16.3 Å². The maximum atomic E-state index is 12.8. The van der Waals surface area contributed by atoms with Crippen molar-refractivity contribution in [2.24, 2.45) is 5.92 Å². The van der Waals surface area contributed by atoms with E-state index in [1.165, 1.54) is 25.9 Å².